The van der Waals surface area contributed by atoms with E-state index >= 15 is 0 Å². The monoisotopic (exact) mass is 238 g/mol. The van der Waals surface area contributed by atoms with Crippen molar-refractivity contribution in [2.45, 2.75) is 58.5 Å². The Kier molecular flexibility index (Phi) is 3.25. The molecule has 0 radical (unpaired) electrons. The van der Waals surface area contributed by atoms with Gasteiger partial charge in [-0.2, -0.15) is 0 Å². The number of rotatable bonds is 5. The quantitative estimate of drug-likeness (QED) is 0.735. The molecule has 1 atom stereocenters. The second-order valence-electron chi connectivity index (χ2n) is 5.69. The molecule has 1 aliphatic carbocycles. The van der Waals surface area contributed by atoms with Crippen LogP contribution in [-0.2, 0) is 9.59 Å². The Hall–Kier alpha value is -0.900. The van der Waals surface area contributed by atoms with Gasteiger partial charge in [0.2, 0.25) is 11.8 Å². The minimum absolute atomic E-state index is 0.0251. The summed E-state index contributed by atoms with van der Waals surface area (Å²) in [6.45, 7) is 6.83. The maximum Gasteiger partial charge on any atom is 0.247 e. The van der Waals surface area contributed by atoms with Crippen LogP contribution in [-0.4, -0.2) is 35.3 Å². The predicted molar refractivity (Wildman–Crippen MR) is 65.4 cm³/mol. The van der Waals surface area contributed by atoms with Crippen LogP contribution < -0.4 is 5.32 Å². The van der Waals surface area contributed by atoms with Gasteiger partial charge >= 0.3 is 0 Å². The van der Waals surface area contributed by atoms with Crippen molar-refractivity contribution in [1.82, 2.24) is 10.2 Å². The van der Waals surface area contributed by atoms with Crippen LogP contribution >= 0.6 is 0 Å². The smallest absolute Gasteiger partial charge is 0.247 e. The zero-order valence-electron chi connectivity index (χ0n) is 11.0. The summed E-state index contributed by atoms with van der Waals surface area (Å²) in [5.74, 6) is -0.0826. The Morgan fingerprint density at radius 1 is 1.41 bits per heavy atom. The van der Waals surface area contributed by atoms with Crippen molar-refractivity contribution in [2.24, 2.45) is 5.41 Å². The Labute approximate surface area is 103 Å². The molecule has 0 aromatic carbocycles. The van der Waals surface area contributed by atoms with Crippen molar-refractivity contribution < 1.29 is 9.59 Å². The van der Waals surface area contributed by atoms with Crippen LogP contribution in [0.1, 0.15) is 46.5 Å². The molecule has 0 bridgehead atoms. The fourth-order valence-electron chi connectivity index (χ4n) is 2.52. The van der Waals surface area contributed by atoms with Crippen LogP contribution in [0.15, 0.2) is 0 Å². The zero-order chi connectivity index (χ0) is 12.6. The molecule has 1 N–H and O–H groups in total. The zero-order valence-corrected chi connectivity index (χ0v) is 11.0. The summed E-state index contributed by atoms with van der Waals surface area (Å²) in [7, 11) is 0. The van der Waals surface area contributed by atoms with E-state index in [1.165, 1.54) is 17.7 Å². The standard InChI is InChI=1S/C13H22N2O2/c1-4-13(5-6-13)8-14-10-7-11(16)15(9(2)3)12(10)17/h9-10,14H,4-8H2,1-3H3. The van der Waals surface area contributed by atoms with Gasteiger partial charge in [-0.1, -0.05) is 6.92 Å². The first-order valence-electron chi connectivity index (χ1n) is 6.58. The van der Waals surface area contributed by atoms with Crippen molar-refractivity contribution in [1.29, 1.82) is 0 Å². The molecule has 4 nitrogen and oxygen atoms in total. The molecule has 2 aliphatic rings. The average molecular weight is 238 g/mol. The number of carbonyl (C=O) groups excluding carboxylic acids is 2. The maximum absolute atomic E-state index is 12.0. The van der Waals surface area contributed by atoms with Crippen molar-refractivity contribution >= 4 is 11.8 Å². The first-order valence-corrected chi connectivity index (χ1v) is 6.58. The van der Waals surface area contributed by atoms with Crippen LogP contribution in [0.25, 0.3) is 0 Å². The summed E-state index contributed by atoms with van der Waals surface area (Å²) in [4.78, 5) is 25.1. The van der Waals surface area contributed by atoms with E-state index in [1.807, 2.05) is 13.8 Å². The number of nitrogens with zero attached hydrogens (tertiary/aromatic N) is 1. The molecule has 17 heavy (non-hydrogen) atoms. The van der Waals surface area contributed by atoms with Crippen molar-refractivity contribution in [3.05, 3.63) is 0 Å². The van der Waals surface area contributed by atoms with Gasteiger partial charge in [0.25, 0.3) is 0 Å². The van der Waals surface area contributed by atoms with Gasteiger partial charge < -0.3 is 5.32 Å². The lowest BCUT2D eigenvalue weighted by Crippen LogP contribution is -2.43. The summed E-state index contributed by atoms with van der Waals surface area (Å²) >= 11 is 0. The van der Waals surface area contributed by atoms with Gasteiger partial charge in [-0.05, 0) is 38.5 Å². The number of nitrogens with one attached hydrogen (secondary N) is 1. The Balaban J connectivity index is 1.91. The molecule has 1 aliphatic heterocycles. The van der Waals surface area contributed by atoms with Crippen molar-refractivity contribution in [3.63, 3.8) is 0 Å². The lowest BCUT2D eigenvalue weighted by molar-refractivity contribution is -0.140. The van der Waals surface area contributed by atoms with Crippen LogP contribution in [0.2, 0.25) is 0 Å². The fraction of sp³-hybridized carbons (Fsp3) is 0.846. The fourth-order valence-corrected chi connectivity index (χ4v) is 2.52. The Morgan fingerprint density at radius 2 is 2.06 bits per heavy atom. The predicted octanol–water partition coefficient (Wildman–Crippen LogP) is 1.30. The number of imide groups is 1. The molecule has 1 saturated carbocycles. The Morgan fingerprint density at radius 3 is 2.47 bits per heavy atom. The minimum Gasteiger partial charge on any atom is -0.305 e. The molecule has 0 aromatic heterocycles. The van der Waals surface area contributed by atoms with Crippen molar-refractivity contribution in [3.8, 4) is 0 Å². The minimum atomic E-state index is -0.283. The molecule has 0 spiro atoms. The first kappa shape index (κ1) is 12.6. The van der Waals surface area contributed by atoms with E-state index in [0.717, 1.165) is 13.0 Å². The molecule has 2 rings (SSSR count). The van der Waals surface area contributed by atoms with Crippen molar-refractivity contribution in [2.75, 3.05) is 6.54 Å². The van der Waals surface area contributed by atoms with Gasteiger partial charge in [-0.25, -0.2) is 0 Å². The normalized spacial score (nSPS) is 27.1. The van der Waals surface area contributed by atoms with Gasteiger partial charge in [-0.3, -0.25) is 14.5 Å². The van der Waals surface area contributed by atoms with Crippen LogP contribution in [0.5, 0.6) is 0 Å². The number of hydrogen-bond donors (Lipinski definition) is 1. The number of hydrogen-bond acceptors (Lipinski definition) is 3. The lowest BCUT2D eigenvalue weighted by Gasteiger charge is -2.20. The third kappa shape index (κ3) is 2.37. The molecular weight excluding hydrogens is 216 g/mol. The van der Waals surface area contributed by atoms with E-state index in [-0.39, 0.29) is 23.9 Å². The van der Waals surface area contributed by atoms with Crippen LogP contribution in [0, 0.1) is 5.41 Å². The van der Waals surface area contributed by atoms with Gasteiger partial charge in [0, 0.05) is 12.6 Å². The number of carbonyl (C=O) groups is 2. The van der Waals surface area contributed by atoms with Gasteiger partial charge in [-0.15, -0.1) is 0 Å². The van der Waals surface area contributed by atoms with E-state index in [9.17, 15) is 9.59 Å². The topological polar surface area (TPSA) is 49.4 Å². The molecule has 1 saturated heterocycles. The second kappa shape index (κ2) is 4.41. The Bertz CT molecular complexity index is 334. The third-order valence-corrected chi connectivity index (χ3v) is 4.13. The molecule has 96 valence electrons. The summed E-state index contributed by atoms with van der Waals surface area (Å²) < 4.78 is 0. The molecular formula is C13H22N2O2. The first-order chi connectivity index (χ1) is 7.99. The molecule has 0 aromatic rings. The second-order valence-corrected chi connectivity index (χ2v) is 5.69. The maximum atomic E-state index is 12.0. The number of amides is 2. The SMILES string of the molecule is CCC1(CNC2CC(=O)N(C(C)C)C2=O)CC1. The summed E-state index contributed by atoms with van der Waals surface area (Å²) in [5, 5.41) is 3.29. The highest BCUT2D eigenvalue weighted by molar-refractivity contribution is 6.05. The summed E-state index contributed by atoms with van der Waals surface area (Å²) in [5.41, 5.74) is 0.411. The largest absolute Gasteiger partial charge is 0.305 e. The van der Waals surface area contributed by atoms with Gasteiger partial charge in [0.1, 0.15) is 0 Å². The molecule has 1 unspecified atom stereocenters. The van der Waals surface area contributed by atoms with E-state index in [4.69, 9.17) is 0 Å². The third-order valence-electron chi connectivity index (χ3n) is 4.13. The summed E-state index contributed by atoms with van der Waals surface area (Å²) in [6, 6.07) is -0.309. The highest BCUT2D eigenvalue weighted by atomic mass is 16.2. The van der Waals surface area contributed by atoms with Gasteiger partial charge in [0.15, 0.2) is 0 Å². The van der Waals surface area contributed by atoms with E-state index < -0.39 is 0 Å². The van der Waals surface area contributed by atoms with Crippen LogP contribution in [0.3, 0.4) is 0 Å². The molecule has 2 amide bonds. The van der Waals surface area contributed by atoms with E-state index in [2.05, 4.69) is 12.2 Å². The molecule has 4 heteroatoms. The highest BCUT2D eigenvalue weighted by Gasteiger charge is 2.44. The van der Waals surface area contributed by atoms with Crippen LogP contribution in [0.4, 0.5) is 0 Å². The highest BCUT2D eigenvalue weighted by Crippen LogP contribution is 2.48. The van der Waals surface area contributed by atoms with Gasteiger partial charge in [0.05, 0.1) is 12.5 Å². The number of likely N-dealkylation sites (tertiary alicyclic amines) is 1. The summed E-state index contributed by atoms with van der Waals surface area (Å²) in [6.07, 6.45) is 3.98. The lowest BCUT2D eigenvalue weighted by atomic mass is 10.0. The molecule has 2 fully saturated rings. The van der Waals surface area contributed by atoms with E-state index in [0.29, 0.717) is 11.8 Å². The average Bonchev–Trinajstić information content (AvgIpc) is 2.98. The molecule has 1 heterocycles. The van der Waals surface area contributed by atoms with E-state index in [1.54, 1.807) is 0 Å².